The molecule has 7 nitrogen and oxygen atoms in total. The second-order valence-electron chi connectivity index (χ2n) is 6.36. The van der Waals surface area contributed by atoms with Gasteiger partial charge in [0.05, 0.1) is 23.3 Å². The van der Waals surface area contributed by atoms with Crippen LogP contribution in [0.1, 0.15) is 13.8 Å². The van der Waals surface area contributed by atoms with Gasteiger partial charge in [-0.1, -0.05) is 12.1 Å². The Labute approximate surface area is 158 Å². The highest BCUT2D eigenvalue weighted by Crippen LogP contribution is 2.28. The molecule has 1 aliphatic heterocycles. The summed E-state index contributed by atoms with van der Waals surface area (Å²) in [7, 11) is -3.79. The monoisotopic (exact) mass is 390 g/mol. The van der Waals surface area contributed by atoms with Gasteiger partial charge in [-0.05, 0) is 50.2 Å². The van der Waals surface area contributed by atoms with Crippen LogP contribution in [0.25, 0.3) is 0 Å². The first-order valence-electron chi connectivity index (χ1n) is 8.63. The number of anilines is 2. The highest BCUT2D eigenvalue weighted by atomic mass is 32.2. The van der Waals surface area contributed by atoms with Gasteiger partial charge in [0.1, 0.15) is 12.4 Å². The first kappa shape index (κ1) is 19.2. The van der Waals surface area contributed by atoms with E-state index in [9.17, 15) is 13.2 Å². The second kappa shape index (κ2) is 7.98. The molecule has 1 heterocycles. The van der Waals surface area contributed by atoms with Crippen molar-refractivity contribution in [1.82, 2.24) is 0 Å². The topological polar surface area (TPSA) is 84.9 Å². The molecule has 0 aliphatic carbocycles. The van der Waals surface area contributed by atoms with Gasteiger partial charge in [-0.25, -0.2) is 8.42 Å². The largest absolute Gasteiger partial charge is 0.489 e. The van der Waals surface area contributed by atoms with E-state index < -0.39 is 10.0 Å². The van der Waals surface area contributed by atoms with E-state index in [1.807, 2.05) is 13.8 Å². The lowest BCUT2D eigenvalue weighted by Crippen LogP contribution is -2.41. The van der Waals surface area contributed by atoms with Gasteiger partial charge in [0, 0.05) is 12.2 Å². The van der Waals surface area contributed by atoms with Crippen LogP contribution in [0.2, 0.25) is 0 Å². The molecule has 1 amide bonds. The van der Waals surface area contributed by atoms with Crippen molar-refractivity contribution in [1.29, 1.82) is 0 Å². The van der Waals surface area contributed by atoms with Crippen LogP contribution in [0.5, 0.6) is 5.75 Å². The van der Waals surface area contributed by atoms with Crippen molar-refractivity contribution in [3.8, 4) is 5.75 Å². The Balaban J connectivity index is 1.80. The summed E-state index contributed by atoms with van der Waals surface area (Å²) in [6.07, 6.45) is -0.0824. The summed E-state index contributed by atoms with van der Waals surface area (Å²) >= 11 is 0. The number of hydrogen-bond donors (Lipinski definition) is 1. The zero-order chi connectivity index (χ0) is 19.4. The van der Waals surface area contributed by atoms with Crippen LogP contribution < -0.4 is 14.4 Å². The lowest BCUT2D eigenvalue weighted by atomic mass is 10.2. The molecule has 0 unspecified atom stereocenters. The van der Waals surface area contributed by atoms with Gasteiger partial charge in [-0.2, -0.15) is 0 Å². The molecule has 27 heavy (non-hydrogen) atoms. The highest BCUT2D eigenvalue weighted by Gasteiger charge is 2.22. The van der Waals surface area contributed by atoms with Crippen LogP contribution in [0.4, 0.5) is 11.4 Å². The number of amides is 1. The van der Waals surface area contributed by atoms with Crippen molar-refractivity contribution < 1.29 is 22.7 Å². The molecule has 1 N–H and O–H groups in total. The van der Waals surface area contributed by atoms with Crippen molar-refractivity contribution >= 4 is 27.3 Å². The average Bonchev–Trinajstić information content (AvgIpc) is 2.63. The Morgan fingerprint density at radius 3 is 2.48 bits per heavy atom. The van der Waals surface area contributed by atoms with Gasteiger partial charge in [-0.3, -0.25) is 9.52 Å². The van der Waals surface area contributed by atoms with E-state index in [2.05, 4.69) is 4.72 Å². The summed E-state index contributed by atoms with van der Waals surface area (Å²) in [5, 5.41) is 0. The fourth-order valence-electron chi connectivity index (χ4n) is 2.71. The number of benzene rings is 2. The molecule has 0 spiro atoms. The Hall–Kier alpha value is -2.58. The van der Waals surface area contributed by atoms with Crippen molar-refractivity contribution in [3.05, 3.63) is 48.5 Å². The van der Waals surface area contributed by atoms with E-state index >= 15 is 0 Å². The highest BCUT2D eigenvalue weighted by molar-refractivity contribution is 7.92. The molecule has 1 saturated heterocycles. The van der Waals surface area contributed by atoms with Crippen LogP contribution >= 0.6 is 0 Å². The normalized spacial score (nSPS) is 15.1. The molecular weight excluding hydrogens is 368 g/mol. The Kier molecular flexibility index (Phi) is 5.67. The van der Waals surface area contributed by atoms with Crippen molar-refractivity contribution in [2.45, 2.75) is 24.8 Å². The van der Waals surface area contributed by atoms with Gasteiger partial charge in [0.2, 0.25) is 0 Å². The number of rotatable bonds is 6. The van der Waals surface area contributed by atoms with Crippen LogP contribution in [0.3, 0.4) is 0 Å². The predicted molar refractivity (Wildman–Crippen MR) is 103 cm³/mol. The van der Waals surface area contributed by atoms with E-state index in [0.717, 1.165) is 0 Å². The maximum Gasteiger partial charge on any atom is 0.262 e. The zero-order valence-corrected chi connectivity index (χ0v) is 16.0. The molecule has 8 heteroatoms. The summed E-state index contributed by atoms with van der Waals surface area (Å²) < 4.78 is 38.8. The molecule has 2 aromatic rings. The molecule has 3 rings (SSSR count). The third-order valence-corrected chi connectivity index (χ3v) is 5.32. The molecular formula is C19H22N2O5S. The third-order valence-electron chi connectivity index (χ3n) is 3.94. The summed E-state index contributed by atoms with van der Waals surface area (Å²) in [5.74, 6) is 0.321. The first-order valence-corrected chi connectivity index (χ1v) is 10.1. The smallest absolute Gasteiger partial charge is 0.262 e. The standard InChI is InChI=1S/C19H22N2O5S/c1-14(2)26-18-6-4-3-5-17(18)20-27(23,24)16-9-7-15(8-10-16)21-11-12-25-13-19(21)22/h3-10,14,20H,11-13H2,1-2H3. The summed E-state index contributed by atoms with van der Waals surface area (Å²) in [6, 6.07) is 13.1. The number of nitrogens with zero attached hydrogens (tertiary/aromatic N) is 1. The summed E-state index contributed by atoms with van der Waals surface area (Å²) in [5.41, 5.74) is 1.02. The van der Waals surface area contributed by atoms with Gasteiger partial charge in [0.25, 0.3) is 15.9 Å². The summed E-state index contributed by atoms with van der Waals surface area (Å²) in [4.78, 5) is 13.6. The minimum atomic E-state index is -3.79. The predicted octanol–water partition coefficient (Wildman–Crippen LogP) is 2.64. The molecule has 0 bridgehead atoms. The molecule has 1 fully saturated rings. The molecule has 2 aromatic carbocycles. The van der Waals surface area contributed by atoms with E-state index in [1.165, 1.54) is 12.1 Å². The lowest BCUT2D eigenvalue weighted by molar-refractivity contribution is -0.125. The Morgan fingerprint density at radius 1 is 1.11 bits per heavy atom. The fraction of sp³-hybridized carbons (Fsp3) is 0.316. The van der Waals surface area contributed by atoms with Gasteiger partial charge >= 0.3 is 0 Å². The van der Waals surface area contributed by atoms with E-state index in [4.69, 9.17) is 9.47 Å². The van der Waals surface area contributed by atoms with Crippen molar-refractivity contribution in [2.24, 2.45) is 0 Å². The number of sulfonamides is 1. The van der Waals surface area contributed by atoms with E-state index in [0.29, 0.717) is 30.3 Å². The molecule has 1 aliphatic rings. The Bertz CT molecular complexity index is 910. The number of carbonyl (C=O) groups is 1. The lowest BCUT2D eigenvalue weighted by Gasteiger charge is -2.26. The summed E-state index contributed by atoms with van der Waals surface area (Å²) in [6.45, 7) is 4.69. The number of nitrogens with one attached hydrogen (secondary N) is 1. The first-order chi connectivity index (χ1) is 12.9. The van der Waals surface area contributed by atoms with Gasteiger partial charge in [-0.15, -0.1) is 0 Å². The van der Waals surface area contributed by atoms with Gasteiger partial charge in [0.15, 0.2) is 0 Å². The number of hydrogen-bond acceptors (Lipinski definition) is 5. The minimum Gasteiger partial charge on any atom is -0.489 e. The molecule has 0 aromatic heterocycles. The molecule has 0 saturated carbocycles. The number of para-hydroxylation sites is 2. The van der Waals surface area contributed by atoms with Gasteiger partial charge < -0.3 is 14.4 Å². The van der Waals surface area contributed by atoms with Crippen molar-refractivity contribution in [3.63, 3.8) is 0 Å². The Morgan fingerprint density at radius 2 is 1.81 bits per heavy atom. The number of carbonyl (C=O) groups excluding carboxylic acids is 1. The average molecular weight is 390 g/mol. The van der Waals surface area contributed by atoms with E-state index in [1.54, 1.807) is 41.3 Å². The van der Waals surface area contributed by atoms with E-state index in [-0.39, 0.29) is 23.5 Å². The minimum absolute atomic E-state index is 0.0360. The quantitative estimate of drug-likeness (QED) is 0.820. The van der Waals surface area contributed by atoms with Crippen LogP contribution in [-0.4, -0.2) is 40.2 Å². The van der Waals surface area contributed by atoms with Crippen LogP contribution in [0.15, 0.2) is 53.4 Å². The van der Waals surface area contributed by atoms with Crippen molar-refractivity contribution in [2.75, 3.05) is 29.4 Å². The van der Waals surface area contributed by atoms with Crippen LogP contribution in [0, 0.1) is 0 Å². The maximum atomic E-state index is 12.7. The number of morpholine rings is 1. The fourth-order valence-corrected chi connectivity index (χ4v) is 3.78. The maximum absolute atomic E-state index is 12.7. The van der Waals surface area contributed by atoms with Crippen LogP contribution in [-0.2, 0) is 19.6 Å². The number of ether oxygens (including phenoxy) is 2. The SMILES string of the molecule is CC(C)Oc1ccccc1NS(=O)(=O)c1ccc(N2CCOCC2=O)cc1. The molecule has 144 valence electrons. The third kappa shape index (κ3) is 4.58. The second-order valence-corrected chi connectivity index (χ2v) is 8.04. The molecule has 0 radical (unpaired) electrons. The zero-order valence-electron chi connectivity index (χ0n) is 15.2. The molecule has 0 atom stereocenters.